The molecule has 0 radical (unpaired) electrons. The van der Waals surface area contributed by atoms with Gasteiger partial charge in [0.15, 0.2) is 0 Å². The van der Waals surface area contributed by atoms with E-state index in [0.717, 1.165) is 5.56 Å². The SMILES string of the molecule is CO/N=C\c1ccc(O[C@@H]2O[C@H](CO)[C@@H](O)[C@@H](O)[C@H]2O)cc1. The van der Waals surface area contributed by atoms with Gasteiger partial charge in [-0.25, -0.2) is 0 Å². The average Bonchev–Trinajstić information content (AvgIpc) is 2.54. The van der Waals surface area contributed by atoms with Gasteiger partial charge in [0.1, 0.15) is 37.3 Å². The molecule has 2 rings (SSSR count). The van der Waals surface area contributed by atoms with Crippen molar-refractivity contribution in [3.05, 3.63) is 29.8 Å². The van der Waals surface area contributed by atoms with Crippen LogP contribution in [0.15, 0.2) is 29.4 Å². The highest BCUT2D eigenvalue weighted by Gasteiger charge is 2.44. The predicted octanol–water partition coefficient (Wildman–Crippen LogP) is -1.15. The third kappa shape index (κ3) is 3.73. The molecule has 0 unspecified atom stereocenters. The molecule has 8 nitrogen and oxygen atoms in total. The third-order valence-corrected chi connectivity index (χ3v) is 3.29. The first-order valence-electron chi connectivity index (χ1n) is 6.70. The zero-order valence-electron chi connectivity index (χ0n) is 11.9. The van der Waals surface area contributed by atoms with Crippen LogP contribution < -0.4 is 4.74 Å². The Bertz CT molecular complexity index is 490. The van der Waals surface area contributed by atoms with E-state index < -0.39 is 37.3 Å². The minimum absolute atomic E-state index is 0.388. The lowest BCUT2D eigenvalue weighted by Crippen LogP contribution is -2.60. The molecule has 1 fully saturated rings. The van der Waals surface area contributed by atoms with Crippen molar-refractivity contribution in [3.63, 3.8) is 0 Å². The van der Waals surface area contributed by atoms with E-state index in [1.54, 1.807) is 24.3 Å². The van der Waals surface area contributed by atoms with Gasteiger partial charge < -0.3 is 34.7 Å². The Morgan fingerprint density at radius 1 is 1.14 bits per heavy atom. The van der Waals surface area contributed by atoms with Crippen LogP contribution >= 0.6 is 0 Å². The fraction of sp³-hybridized carbons (Fsp3) is 0.500. The molecular weight excluding hydrogens is 294 g/mol. The molecule has 1 aliphatic rings. The molecule has 0 bridgehead atoms. The van der Waals surface area contributed by atoms with Crippen molar-refractivity contribution in [1.82, 2.24) is 0 Å². The number of aliphatic hydroxyl groups is 4. The molecule has 0 aliphatic carbocycles. The molecular formula is C14H19NO7. The smallest absolute Gasteiger partial charge is 0.229 e. The maximum atomic E-state index is 9.87. The summed E-state index contributed by atoms with van der Waals surface area (Å²) < 4.78 is 10.7. The molecule has 4 N–H and O–H groups in total. The molecule has 0 spiro atoms. The Kier molecular flexibility index (Phi) is 5.69. The summed E-state index contributed by atoms with van der Waals surface area (Å²) in [4.78, 5) is 4.57. The predicted molar refractivity (Wildman–Crippen MR) is 75.4 cm³/mol. The van der Waals surface area contributed by atoms with E-state index in [1.165, 1.54) is 13.3 Å². The number of rotatable bonds is 5. The first kappa shape index (κ1) is 16.7. The molecule has 5 atom stereocenters. The Hall–Kier alpha value is -1.71. The number of ether oxygens (including phenoxy) is 2. The van der Waals surface area contributed by atoms with Crippen molar-refractivity contribution in [2.45, 2.75) is 30.7 Å². The molecule has 0 aromatic heterocycles. The summed E-state index contributed by atoms with van der Waals surface area (Å²) in [6, 6.07) is 6.67. The summed E-state index contributed by atoms with van der Waals surface area (Å²) in [6.45, 7) is -0.503. The number of benzene rings is 1. The second kappa shape index (κ2) is 7.52. The fourth-order valence-corrected chi connectivity index (χ4v) is 2.04. The monoisotopic (exact) mass is 313 g/mol. The van der Waals surface area contributed by atoms with Crippen molar-refractivity contribution in [2.24, 2.45) is 5.16 Å². The number of hydrogen-bond acceptors (Lipinski definition) is 8. The highest BCUT2D eigenvalue weighted by atomic mass is 16.7. The lowest BCUT2D eigenvalue weighted by atomic mass is 9.99. The van der Waals surface area contributed by atoms with Crippen molar-refractivity contribution in [2.75, 3.05) is 13.7 Å². The Morgan fingerprint density at radius 3 is 2.41 bits per heavy atom. The standard InChI is InChI=1S/C14H19NO7/c1-20-15-6-8-2-4-9(5-3-8)21-14-13(19)12(18)11(17)10(7-16)22-14/h2-6,10-14,16-19H,7H2,1H3/b15-6-/t10-,11-,12-,13-,14-/m1/s1. The summed E-state index contributed by atoms with van der Waals surface area (Å²) in [5, 5.41) is 42.0. The molecule has 1 aliphatic heterocycles. The van der Waals surface area contributed by atoms with Crippen molar-refractivity contribution in [3.8, 4) is 5.75 Å². The van der Waals surface area contributed by atoms with E-state index in [2.05, 4.69) is 9.99 Å². The minimum Gasteiger partial charge on any atom is -0.462 e. The summed E-state index contributed by atoms with van der Waals surface area (Å²) in [6.07, 6.45) is -5.01. The average molecular weight is 313 g/mol. The molecule has 22 heavy (non-hydrogen) atoms. The fourth-order valence-electron chi connectivity index (χ4n) is 2.04. The van der Waals surface area contributed by atoms with Crippen molar-refractivity contribution >= 4 is 6.21 Å². The van der Waals surface area contributed by atoms with E-state index in [-0.39, 0.29) is 0 Å². The van der Waals surface area contributed by atoms with Crippen LogP contribution in [0.1, 0.15) is 5.56 Å². The van der Waals surface area contributed by atoms with Gasteiger partial charge in [-0.3, -0.25) is 0 Å². The van der Waals surface area contributed by atoms with Crippen LogP contribution in [0.4, 0.5) is 0 Å². The van der Waals surface area contributed by atoms with Crippen LogP contribution in [-0.4, -0.2) is 71.1 Å². The molecule has 122 valence electrons. The first-order chi connectivity index (χ1) is 10.6. The lowest BCUT2D eigenvalue weighted by Gasteiger charge is -2.39. The normalized spacial score (nSPS) is 32.1. The van der Waals surface area contributed by atoms with Crippen LogP contribution in [0.25, 0.3) is 0 Å². The lowest BCUT2D eigenvalue weighted by molar-refractivity contribution is -0.277. The van der Waals surface area contributed by atoms with Gasteiger partial charge in [-0.05, 0) is 29.8 Å². The van der Waals surface area contributed by atoms with Crippen molar-refractivity contribution in [1.29, 1.82) is 0 Å². The van der Waals surface area contributed by atoms with E-state index in [9.17, 15) is 15.3 Å². The van der Waals surface area contributed by atoms with Crippen LogP contribution in [0.5, 0.6) is 5.75 Å². The molecule has 8 heteroatoms. The van der Waals surface area contributed by atoms with Gasteiger partial charge in [0.25, 0.3) is 0 Å². The number of aliphatic hydroxyl groups excluding tert-OH is 4. The van der Waals surface area contributed by atoms with Crippen molar-refractivity contribution < 1.29 is 34.7 Å². The molecule has 1 aromatic rings. The van der Waals surface area contributed by atoms with E-state index in [1.807, 2.05) is 0 Å². The van der Waals surface area contributed by atoms with Crippen LogP contribution in [0.2, 0.25) is 0 Å². The third-order valence-electron chi connectivity index (χ3n) is 3.29. The summed E-state index contributed by atoms with van der Waals surface area (Å²) >= 11 is 0. The maximum absolute atomic E-state index is 9.87. The molecule has 1 heterocycles. The number of oxime groups is 1. The van der Waals surface area contributed by atoms with Gasteiger partial charge in [-0.1, -0.05) is 5.16 Å². The van der Waals surface area contributed by atoms with Gasteiger partial charge >= 0.3 is 0 Å². The molecule has 0 saturated carbocycles. The van der Waals surface area contributed by atoms with Gasteiger partial charge in [0.05, 0.1) is 12.8 Å². The molecule has 1 saturated heterocycles. The highest BCUT2D eigenvalue weighted by Crippen LogP contribution is 2.24. The number of hydrogen-bond donors (Lipinski definition) is 4. The zero-order chi connectivity index (χ0) is 16.1. The Labute approximate surface area is 127 Å². The molecule has 0 amide bonds. The van der Waals surface area contributed by atoms with Gasteiger partial charge in [0, 0.05) is 0 Å². The van der Waals surface area contributed by atoms with Gasteiger partial charge in [-0.15, -0.1) is 0 Å². The maximum Gasteiger partial charge on any atom is 0.229 e. The number of nitrogens with zero attached hydrogens (tertiary/aromatic N) is 1. The minimum atomic E-state index is -1.47. The van der Waals surface area contributed by atoms with Gasteiger partial charge in [0.2, 0.25) is 6.29 Å². The first-order valence-corrected chi connectivity index (χ1v) is 6.70. The van der Waals surface area contributed by atoms with Gasteiger partial charge in [-0.2, -0.15) is 0 Å². The van der Waals surface area contributed by atoms with Crippen LogP contribution in [-0.2, 0) is 9.57 Å². The van der Waals surface area contributed by atoms with Crippen LogP contribution in [0, 0.1) is 0 Å². The second-order valence-corrected chi connectivity index (χ2v) is 4.80. The summed E-state index contributed by atoms with van der Waals surface area (Å²) in [7, 11) is 1.44. The summed E-state index contributed by atoms with van der Waals surface area (Å²) in [5.41, 5.74) is 0.781. The second-order valence-electron chi connectivity index (χ2n) is 4.80. The zero-order valence-corrected chi connectivity index (χ0v) is 11.9. The van der Waals surface area contributed by atoms with E-state index in [4.69, 9.17) is 14.6 Å². The molecule has 1 aromatic carbocycles. The largest absolute Gasteiger partial charge is 0.462 e. The topological polar surface area (TPSA) is 121 Å². The van der Waals surface area contributed by atoms with E-state index >= 15 is 0 Å². The summed E-state index contributed by atoms with van der Waals surface area (Å²) in [5.74, 6) is 0.388. The van der Waals surface area contributed by atoms with E-state index in [0.29, 0.717) is 5.75 Å². The Morgan fingerprint density at radius 2 is 1.82 bits per heavy atom. The Balaban J connectivity index is 2.04. The van der Waals surface area contributed by atoms with Crippen LogP contribution in [0.3, 0.4) is 0 Å². The quantitative estimate of drug-likeness (QED) is 0.400. The highest BCUT2D eigenvalue weighted by molar-refractivity contribution is 5.79.